The molecule has 0 atom stereocenters. The van der Waals surface area contributed by atoms with Crippen LogP contribution in [0.25, 0.3) is 0 Å². The smallest absolute Gasteiger partial charge is 0.251 e. The quantitative estimate of drug-likeness (QED) is 0.739. The van der Waals surface area contributed by atoms with E-state index >= 15 is 0 Å². The van der Waals surface area contributed by atoms with E-state index in [2.05, 4.69) is 15.6 Å². The maximum atomic E-state index is 11.8. The van der Waals surface area contributed by atoms with Gasteiger partial charge in [0.2, 0.25) is 0 Å². The number of aryl methyl sites for hydroxylation is 1. The molecule has 0 radical (unpaired) electrons. The number of rotatable bonds is 5. The number of hydrogen-bond donors (Lipinski definition) is 3. The van der Waals surface area contributed by atoms with Gasteiger partial charge in [-0.15, -0.1) is 11.3 Å². The van der Waals surface area contributed by atoms with E-state index in [1.165, 1.54) is 4.88 Å². The summed E-state index contributed by atoms with van der Waals surface area (Å²) in [7, 11) is 0. The van der Waals surface area contributed by atoms with Crippen molar-refractivity contribution in [3.05, 3.63) is 39.8 Å². The fourth-order valence-corrected chi connectivity index (χ4v) is 2.49. The monoisotopic (exact) mass is 290 g/mol. The molecule has 0 aliphatic heterocycles. The first kappa shape index (κ1) is 14.3. The molecule has 2 rings (SSSR count). The minimum Gasteiger partial charge on any atom is -0.397 e. The lowest BCUT2D eigenvalue weighted by molar-refractivity contribution is 0.0956. The van der Waals surface area contributed by atoms with Gasteiger partial charge >= 0.3 is 0 Å². The lowest BCUT2D eigenvalue weighted by Gasteiger charge is -2.10. The molecule has 106 valence electrons. The Morgan fingerprint density at radius 2 is 2.25 bits per heavy atom. The van der Waals surface area contributed by atoms with Crippen molar-refractivity contribution < 1.29 is 4.79 Å². The molecule has 1 aromatic heterocycles. The number of thiazole rings is 1. The Hall–Kier alpha value is -2.08. The van der Waals surface area contributed by atoms with Gasteiger partial charge in [-0.3, -0.25) is 4.79 Å². The SMILES string of the molecule is CCNC(=O)c1ccc(N)c(NCc2ncc(C)s2)c1. The molecule has 0 spiro atoms. The summed E-state index contributed by atoms with van der Waals surface area (Å²) in [5.41, 5.74) is 7.89. The molecule has 1 heterocycles. The van der Waals surface area contributed by atoms with Crippen molar-refractivity contribution >= 4 is 28.6 Å². The van der Waals surface area contributed by atoms with Crippen LogP contribution in [0.4, 0.5) is 11.4 Å². The average molecular weight is 290 g/mol. The van der Waals surface area contributed by atoms with E-state index in [4.69, 9.17) is 5.73 Å². The number of anilines is 2. The first-order valence-electron chi connectivity index (χ1n) is 6.43. The highest BCUT2D eigenvalue weighted by Crippen LogP contribution is 2.21. The molecule has 4 N–H and O–H groups in total. The van der Waals surface area contributed by atoms with E-state index in [9.17, 15) is 4.79 Å². The Morgan fingerprint density at radius 1 is 1.45 bits per heavy atom. The number of carbonyl (C=O) groups excluding carboxylic acids is 1. The third kappa shape index (κ3) is 3.48. The van der Waals surface area contributed by atoms with Crippen LogP contribution >= 0.6 is 11.3 Å². The predicted molar refractivity (Wildman–Crippen MR) is 83.0 cm³/mol. The molecule has 0 unspecified atom stereocenters. The summed E-state index contributed by atoms with van der Waals surface area (Å²) in [4.78, 5) is 17.3. The number of nitrogens with zero attached hydrogens (tertiary/aromatic N) is 1. The van der Waals surface area contributed by atoms with Gasteiger partial charge in [-0.1, -0.05) is 0 Å². The standard InChI is InChI=1S/C14H18N4OS/c1-3-16-14(19)10-4-5-11(15)12(6-10)17-8-13-18-7-9(2)20-13/h4-7,17H,3,8,15H2,1-2H3,(H,16,19). The lowest BCUT2D eigenvalue weighted by atomic mass is 10.1. The zero-order valence-corrected chi connectivity index (χ0v) is 12.4. The molecule has 2 aromatic rings. The molecule has 6 heteroatoms. The van der Waals surface area contributed by atoms with Gasteiger partial charge in [-0.2, -0.15) is 0 Å². The number of amides is 1. The van der Waals surface area contributed by atoms with Gasteiger partial charge in [0.1, 0.15) is 5.01 Å². The van der Waals surface area contributed by atoms with Gasteiger partial charge in [0.05, 0.1) is 17.9 Å². The molecule has 1 amide bonds. The van der Waals surface area contributed by atoms with Crippen molar-refractivity contribution in [2.75, 3.05) is 17.6 Å². The molecule has 20 heavy (non-hydrogen) atoms. The fraction of sp³-hybridized carbons (Fsp3) is 0.286. The van der Waals surface area contributed by atoms with E-state index < -0.39 is 0 Å². The molecule has 1 aromatic carbocycles. The second-order valence-electron chi connectivity index (χ2n) is 4.38. The largest absolute Gasteiger partial charge is 0.397 e. The highest BCUT2D eigenvalue weighted by Gasteiger charge is 2.08. The summed E-state index contributed by atoms with van der Waals surface area (Å²) in [6, 6.07) is 5.22. The van der Waals surface area contributed by atoms with Crippen molar-refractivity contribution in [2.24, 2.45) is 0 Å². The molecule has 0 saturated carbocycles. The van der Waals surface area contributed by atoms with Gasteiger partial charge in [0.25, 0.3) is 5.91 Å². The van der Waals surface area contributed by atoms with Crippen LogP contribution in [-0.2, 0) is 6.54 Å². The number of benzene rings is 1. The number of nitrogen functional groups attached to an aromatic ring is 1. The maximum absolute atomic E-state index is 11.8. The van der Waals surface area contributed by atoms with Crippen LogP contribution in [-0.4, -0.2) is 17.4 Å². The van der Waals surface area contributed by atoms with Crippen molar-refractivity contribution in [1.82, 2.24) is 10.3 Å². The van der Waals surface area contributed by atoms with Crippen LogP contribution in [0.3, 0.4) is 0 Å². The number of nitrogens with one attached hydrogen (secondary N) is 2. The molecule has 5 nitrogen and oxygen atoms in total. The minimum atomic E-state index is -0.0966. The lowest BCUT2D eigenvalue weighted by Crippen LogP contribution is -2.22. The molecule has 0 saturated heterocycles. The zero-order valence-electron chi connectivity index (χ0n) is 11.6. The van der Waals surface area contributed by atoms with E-state index in [0.29, 0.717) is 24.3 Å². The van der Waals surface area contributed by atoms with Gasteiger partial charge in [0, 0.05) is 23.2 Å². The Balaban J connectivity index is 2.10. The van der Waals surface area contributed by atoms with Crippen LogP contribution in [0.1, 0.15) is 27.2 Å². The van der Waals surface area contributed by atoms with Gasteiger partial charge in [-0.05, 0) is 32.0 Å². The summed E-state index contributed by atoms with van der Waals surface area (Å²) in [5, 5.41) is 6.98. The van der Waals surface area contributed by atoms with Crippen LogP contribution in [0.15, 0.2) is 24.4 Å². The Kier molecular flexibility index (Phi) is 4.57. The topological polar surface area (TPSA) is 80.0 Å². The van der Waals surface area contributed by atoms with Crippen molar-refractivity contribution in [2.45, 2.75) is 20.4 Å². The minimum absolute atomic E-state index is 0.0966. The van der Waals surface area contributed by atoms with E-state index in [-0.39, 0.29) is 5.91 Å². The molecular weight excluding hydrogens is 272 g/mol. The summed E-state index contributed by atoms with van der Waals surface area (Å²) >= 11 is 1.64. The van der Waals surface area contributed by atoms with Crippen LogP contribution < -0.4 is 16.4 Å². The third-order valence-corrected chi connectivity index (χ3v) is 3.66. The molecule has 0 bridgehead atoms. The Bertz CT molecular complexity index is 609. The number of nitrogens with two attached hydrogens (primary N) is 1. The Morgan fingerprint density at radius 3 is 2.90 bits per heavy atom. The Labute approximate surface area is 122 Å². The average Bonchev–Trinajstić information content (AvgIpc) is 2.84. The molecule has 0 aliphatic carbocycles. The van der Waals surface area contributed by atoms with Gasteiger partial charge < -0.3 is 16.4 Å². The second kappa shape index (κ2) is 6.38. The summed E-state index contributed by atoms with van der Waals surface area (Å²) in [5.74, 6) is -0.0966. The fourth-order valence-electron chi connectivity index (χ4n) is 1.77. The maximum Gasteiger partial charge on any atom is 0.251 e. The van der Waals surface area contributed by atoms with E-state index in [1.807, 2.05) is 20.0 Å². The van der Waals surface area contributed by atoms with Crippen molar-refractivity contribution in [1.29, 1.82) is 0 Å². The number of hydrogen-bond acceptors (Lipinski definition) is 5. The summed E-state index contributed by atoms with van der Waals surface area (Å²) < 4.78 is 0. The number of aromatic nitrogens is 1. The van der Waals surface area contributed by atoms with Crippen LogP contribution in [0, 0.1) is 6.92 Å². The van der Waals surface area contributed by atoms with Gasteiger partial charge in [-0.25, -0.2) is 4.98 Å². The molecule has 0 fully saturated rings. The van der Waals surface area contributed by atoms with E-state index in [1.54, 1.807) is 29.5 Å². The highest BCUT2D eigenvalue weighted by molar-refractivity contribution is 7.11. The molecule has 0 aliphatic rings. The highest BCUT2D eigenvalue weighted by atomic mass is 32.1. The van der Waals surface area contributed by atoms with Crippen LogP contribution in [0.5, 0.6) is 0 Å². The number of carbonyl (C=O) groups is 1. The van der Waals surface area contributed by atoms with Crippen LogP contribution in [0.2, 0.25) is 0 Å². The van der Waals surface area contributed by atoms with Gasteiger partial charge in [0.15, 0.2) is 0 Å². The molecular formula is C14H18N4OS. The van der Waals surface area contributed by atoms with Crippen molar-refractivity contribution in [3.8, 4) is 0 Å². The van der Waals surface area contributed by atoms with E-state index in [0.717, 1.165) is 10.7 Å². The predicted octanol–water partition coefficient (Wildman–Crippen LogP) is 2.40. The first-order valence-corrected chi connectivity index (χ1v) is 7.24. The second-order valence-corrected chi connectivity index (χ2v) is 5.70. The third-order valence-electron chi connectivity index (χ3n) is 2.75. The summed E-state index contributed by atoms with van der Waals surface area (Å²) in [6.45, 7) is 5.11. The van der Waals surface area contributed by atoms with Crippen molar-refractivity contribution in [3.63, 3.8) is 0 Å². The summed E-state index contributed by atoms with van der Waals surface area (Å²) in [6.07, 6.45) is 1.84. The zero-order chi connectivity index (χ0) is 14.5. The normalized spacial score (nSPS) is 10.3. The first-order chi connectivity index (χ1) is 9.60.